The summed E-state index contributed by atoms with van der Waals surface area (Å²) in [4.78, 5) is 4.60. The number of benzene rings is 2. The van der Waals surface area contributed by atoms with Gasteiger partial charge in [0.1, 0.15) is 0 Å². The van der Waals surface area contributed by atoms with E-state index in [-0.39, 0.29) is 11.4 Å². The first-order chi connectivity index (χ1) is 11.6. The molecule has 0 fully saturated rings. The molecule has 1 aromatic heterocycles. The predicted octanol–water partition coefficient (Wildman–Crippen LogP) is 3.39. The lowest BCUT2D eigenvalue weighted by Gasteiger charge is -2.11. The van der Waals surface area contributed by atoms with Gasteiger partial charge in [-0.05, 0) is 36.4 Å². The molecule has 3 rings (SSSR count). The van der Waals surface area contributed by atoms with E-state index in [2.05, 4.69) is 31.0 Å². The molecule has 0 radical (unpaired) electrons. The standard InChI is InChI=1S/C17H16BrN3O2S/c18-13-6-7-15-16(8-9-19-17(15)12-13)20-10-11-21-24(22,23)14-4-2-1-3-5-14/h1-9,12,21H,10-11H2,(H,19,20). The Balaban J connectivity index is 1.63. The van der Waals surface area contributed by atoms with Crippen molar-refractivity contribution in [1.29, 1.82) is 0 Å². The molecule has 24 heavy (non-hydrogen) atoms. The molecule has 124 valence electrons. The van der Waals surface area contributed by atoms with Crippen LogP contribution < -0.4 is 10.0 Å². The zero-order valence-corrected chi connectivity index (χ0v) is 15.1. The number of hydrogen-bond donors (Lipinski definition) is 2. The van der Waals surface area contributed by atoms with E-state index in [1.54, 1.807) is 36.5 Å². The van der Waals surface area contributed by atoms with Gasteiger partial charge in [-0.3, -0.25) is 4.98 Å². The van der Waals surface area contributed by atoms with Crippen LogP contribution in [0.2, 0.25) is 0 Å². The largest absolute Gasteiger partial charge is 0.383 e. The highest BCUT2D eigenvalue weighted by Gasteiger charge is 2.12. The lowest BCUT2D eigenvalue weighted by atomic mass is 10.2. The number of aromatic nitrogens is 1. The Labute approximate surface area is 149 Å². The van der Waals surface area contributed by atoms with E-state index >= 15 is 0 Å². The molecule has 0 aliphatic heterocycles. The summed E-state index contributed by atoms with van der Waals surface area (Å²) in [5.41, 5.74) is 1.80. The van der Waals surface area contributed by atoms with Gasteiger partial charge in [-0.2, -0.15) is 0 Å². The van der Waals surface area contributed by atoms with Crippen LogP contribution in [0.15, 0.2) is 70.2 Å². The van der Waals surface area contributed by atoms with Crippen molar-refractivity contribution in [3.63, 3.8) is 0 Å². The van der Waals surface area contributed by atoms with Gasteiger partial charge in [-0.1, -0.05) is 34.1 Å². The first-order valence-corrected chi connectivity index (χ1v) is 9.67. The minimum absolute atomic E-state index is 0.268. The van der Waals surface area contributed by atoms with Gasteiger partial charge < -0.3 is 5.32 Å². The van der Waals surface area contributed by atoms with Crippen LogP contribution in [0.4, 0.5) is 5.69 Å². The number of hydrogen-bond acceptors (Lipinski definition) is 4. The maximum atomic E-state index is 12.1. The smallest absolute Gasteiger partial charge is 0.240 e. The van der Waals surface area contributed by atoms with E-state index in [4.69, 9.17) is 0 Å². The molecule has 2 N–H and O–H groups in total. The lowest BCUT2D eigenvalue weighted by molar-refractivity contribution is 0.583. The third-order valence-electron chi connectivity index (χ3n) is 3.49. The van der Waals surface area contributed by atoms with Crippen LogP contribution in [0.1, 0.15) is 0 Å². The average Bonchev–Trinajstić information content (AvgIpc) is 2.59. The Morgan fingerprint density at radius 3 is 2.58 bits per heavy atom. The summed E-state index contributed by atoms with van der Waals surface area (Å²) >= 11 is 3.43. The third-order valence-corrected chi connectivity index (χ3v) is 5.46. The number of nitrogens with one attached hydrogen (secondary N) is 2. The van der Waals surface area contributed by atoms with Gasteiger partial charge in [0.05, 0.1) is 10.4 Å². The second-order valence-electron chi connectivity index (χ2n) is 5.16. The second-order valence-corrected chi connectivity index (χ2v) is 7.84. The zero-order chi connectivity index (χ0) is 17.0. The maximum absolute atomic E-state index is 12.1. The maximum Gasteiger partial charge on any atom is 0.240 e. The molecule has 0 saturated heterocycles. The Hall–Kier alpha value is -1.96. The lowest BCUT2D eigenvalue weighted by Crippen LogP contribution is -2.28. The Kier molecular flexibility index (Phi) is 5.13. The average molecular weight is 406 g/mol. The number of nitrogens with zero attached hydrogens (tertiary/aromatic N) is 1. The molecule has 5 nitrogen and oxygen atoms in total. The summed E-state index contributed by atoms with van der Waals surface area (Å²) in [6.45, 7) is 0.763. The number of anilines is 1. The zero-order valence-electron chi connectivity index (χ0n) is 12.7. The van der Waals surface area contributed by atoms with Crippen molar-refractivity contribution in [2.75, 3.05) is 18.4 Å². The fraction of sp³-hybridized carbons (Fsp3) is 0.118. The highest BCUT2D eigenvalue weighted by Crippen LogP contribution is 2.24. The number of pyridine rings is 1. The SMILES string of the molecule is O=S(=O)(NCCNc1ccnc2cc(Br)ccc12)c1ccccc1. The van der Waals surface area contributed by atoms with Crippen molar-refractivity contribution in [2.45, 2.75) is 4.90 Å². The quantitative estimate of drug-likeness (QED) is 0.616. The number of rotatable bonds is 6. The molecule has 2 aromatic carbocycles. The van der Waals surface area contributed by atoms with Crippen LogP contribution in [0.3, 0.4) is 0 Å². The Morgan fingerprint density at radius 1 is 1.00 bits per heavy atom. The fourth-order valence-corrected chi connectivity index (χ4v) is 3.74. The summed E-state index contributed by atoms with van der Waals surface area (Å²) in [6, 6.07) is 16.1. The molecular formula is C17H16BrN3O2S. The Morgan fingerprint density at radius 2 is 1.79 bits per heavy atom. The molecule has 1 heterocycles. The summed E-state index contributed by atoms with van der Waals surface area (Å²) in [6.07, 6.45) is 1.73. The van der Waals surface area contributed by atoms with Crippen molar-refractivity contribution in [1.82, 2.24) is 9.71 Å². The number of halogens is 1. The van der Waals surface area contributed by atoms with E-state index < -0.39 is 10.0 Å². The number of sulfonamides is 1. The first-order valence-electron chi connectivity index (χ1n) is 7.39. The highest BCUT2D eigenvalue weighted by atomic mass is 79.9. The number of fused-ring (bicyclic) bond motifs is 1. The van der Waals surface area contributed by atoms with E-state index in [0.717, 1.165) is 21.1 Å². The minimum Gasteiger partial charge on any atom is -0.383 e. The van der Waals surface area contributed by atoms with E-state index in [9.17, 15) is 8.42 Å². The van der Waals surface area contributed by atoms with Crippen LogP contribution in [-0.2, 0) is 10.0 Å². The van der Waals surface area contributed by atoms with Crippen LogP contribution >= 0.6 is 15.9 Å². The van der Waals surface area contributed by atoms with Crippen molar-refractivity contribution in [2.24, 2.45) is 0 Å². The van der Waals surface area contributed by atoms with Gasteiger partial charge in [0.2, 0.25) is 10.0 Å². The van der Waals surface area contributed by atoms with Gasteiger partial charge in [0, 0.05) is 34.8 Å². The molecule has 0 aliphatic rings. The normalized spacial score (nSPS) is 11.5. The molecule has 0 bridgehead atoms. The topological polar surface area (TPSA) is 71.1 Å². The first kappa shape index (κ1) is 16.9. The van der Waals surface area contributed by atoms with E-state index in [1.807, 2.05) is 24.3 Å². The molecule has 0 aliphatic carbocycles. The molecule has 0 saturated carbocycles. The van der Waals surface area contributed by atoms with Crippen LogP contribution in [-0.4, -0.2) is 26.5 Å². The van der Waals surface area contributed by atoms with Gasteiger partial charge >= 0.3 is 0 Å². The second kappa shape index (κ2) is 7.29. The minimum atomic E-state index is -3.47. The summed E-state index contributed by atoms with van der Waals surface area (Å²) in [5, 5.41) is 4.24. The van der Waals surface area contributed by atoms with Crippen LogP contribution in [0.25, 0.3) is 10.9 Å². The van der Waals surface area contributed by atoms with E-state index in [0.29, 0.717) is 6.54 Å². The van der Waals surface area contributed by atoms with Gasteiger partial charge in [-0.25, -0.2) is 13.1 Å². The Bertz CT molecular complexity index is 946. The van der Waals surface area contributed by atoms with Crippen molar-refractivity contribution >= 4 is 42.5 Å². The molecule has 0 atom stereocenters. The van der Waals surface area contributed by atoms with Crippen molar-refractivity contribution in [3.05, 3.63) is 65.3 Å². The summed E-state index contributed by atoms with van der Waals surface area (Å²) in [5.74, 6) is 0. The molecule has 3 aromatic rings. The van der Waals surface area contributed by atoms with Crippen LogP contribution in [0.5, 0.6) is 0 Å². The van der Waals surface area contributed by atoms with Crippen molar-refractivity contribution < 1.29 is 8.42 Å². The highest BCUT2D eigenvalue weighted by molar-refractivity contribution is 9.10. The predicted molar refractivity (Wildman–Crippen MR) is 99.6 cm³/mol. The van der Waals surface area contributed by atoms with Gasteiger partial charge in [-0.15, -0.1) is 0 Å². The van der Waals surface area contributed by atoms with Crippen LogP contribution in [0, 0.1) is 0 Å². The molecule has 7 heteroatoms. The van der Waals surface area contributed by atoms with E-state index in [1.165, 1.54) is 0 Å². The summed E-state index contributed by atoms with van der Waals surface area (Å²) < 4.78 is 27.8. The van der Waals surface area contributed by atoms with Gasteiger partial charge in [0.15, 0.2) is 0 Å². The summed E-state index contributed by atoms with van der Waals surface area (Å²) in [7, 11) is -3.47. The van der Waals surface area contributed by atoms with Gasteiger partial charge in [0.25, 0.3) is 0 Å². The fourth-order valence-electron chi connectivity index (χ4n) is 2.34. The molecule has 0 amide bonds. The molecular weight excluding hydrogens is 390 g/mol. The third kappa shape index (κ3) is 3.92. The van der Waals surface area contributed by atoms with Crippen molar-refractivity contribution in [3.8, 4) is 0 Å². The monoisotopic (exact) mass is 405 g/mol. The molecule has 0 unspecified atom stereocenters. The molecule has 0 spiro atoms.